The van der Waals surface area contributed by atoms with Crippen molar-refractivity contribution in [1.82, 2.24) is 4.72 Å². The zero-order chi connectivity index (χ0) is 14.3. The maximum Gasteiger partial charge on any atom is 0.215 e. The van der Waals surface area contributed by atoms with Crippen molar-refractivity contribution in [3.63, 3.8) is 0 Å². The molecule has 3 nitrogen and oxygen atoms in total. The van der Waals surface area contributed by atoms with E-state index >= 15 is 0 Å². The molecule has 0 bridgehead atoms. The fraction of sp³-hybridized carbons (Fsp3) is 0.200. The second kappa shape index (κ2) is 7.47. The summed E-state index contributed by atoms with van der Waals surface area (Å²) in [5, 5.41) is 0. The van der Waals surface area contributed by atoms with Crippen molar-refractivity contribution in [1.29, 1.82) is 0 Å². The van der Waals surface area contributed by atoms with E-state index in [9.17, 15) is 8.42 Å². The SMILES string of the molecule is O=S(=O)(Cc1ccccc1)NCCSc1ccccc1. The summed E-state index contributed by atoms with van der Waals surface area (Å²) in [4.78, 5) is 1.15. The Hall–Kier alpha value is -1.30. The maximum absolute atomic E-state index is 11.9. The normalized spacial score (nSPS) is 11.4. The highest BCUT2D eigenvalue weighted by Gasteiger charge is 2.10. The summed E-state index contributed by atoms with van der Waals surface area (Å²) in [5.74, 6) is 0.752. The summed E-state index contributed by atoms with van der Waals surface area (Å²) >= 11 is 1.64. The average molecular weight is 307 g/mol. The maximum atomic E-state index is 11.9. The molecule has 2 aromatic rings. The van der Waals surface area contributed by atoms with Crippen LogP contribution in [0, 0.1) is 0 Å². The summed E-state index contributed by atoms with van der Waals surface area (Å²) in [6, 6.07) is 19.1. The molecule has 1 N–H and O–H groups in total. The van der Waals surface area contributed by atoms with Gasteiger partial charge in [-0.25, -0.2) is 13.1 Å². The molecular weight excluding hydrogens is 290 g/mol. The Morgan fingerprint density at radius 3 is 2.15 bits per heavy atom. The Morgan fingerprint density at radius 2 is 1.50 bits per heavy atom. The molecule has 2 aromatic carbocycles. The van der Waals surface area contributed by atoms with E-state index in [4.69, 9.17) is 0 Å². The number of thioether (sulfide) groups is 1. The van der Waals surface area contributed by atoms with Crippen molar-refractivity contribution >= 4 is 21.8 Å². The van der Waals surface area contributed by atoms with Crippen molar-refractivity contribution < 1.29 is 8.42 Å². The minimum atomic E-state index is -3.25. The standard InChI is InChI=1S/C15H17NO2S2/c17-20(18,13-14-7-3-1-4-8-14)16-11-12-19-15-9-5-2-6-10-15/h1-10,16H,11-13H2. The van der Waals surface area contributed by atoms with Gasteiger partial charge in [-0.3, -0.25) is 0 Å². The van der Waals surface area contributed by atoms with Gasteiger partial charge in [0.25, 0.3) is 0 Å². The van der Waals surface area contributed by atoms with Crippen molar-refractivity contribution in [2.24, 2.45) is 0 Å². The Labute approximate surface area is 124 Å². The molecule has 0 spiro atoms. The molecule has 0 fully saturated rings. The molecule has 0 radical (unpaired) electrons. The average Bonchev–Trinajstić information content (AvgIpc) is 2.45. The van der Waals surface area contributed by atoms with Crippen LogP contribution in [0.2, 0.25) is 0 Å². The number of hydrogen-bond acceptors (Lipinski definition) is 3. The van der Waals surface area contributed by atoms with Crippen LogP contribution in [-0.4, -0.2) is 20.7 Å². The summed E-state index contributed by atoms with van der Waals surface area (Å²) in [6.07, 6.45) is 0. The van der Waals surface area contributed by atoms with E-state index < -0.39 is 10.0 Å². The summed E-state index contributed by atoms with van der Waals surface area (Å²) < 4.78 is 26.4. The predicted octanol–water partition coefficient (Wildman–Crippen LogP) is 2.90. The van der Waals surface area contributed by atoms with Crippen LogP contribution in [0.3, 0.4) is 0 Å². The molecule has 0 atom stereocenters. The monoisotopic (exact) mass is 307 g/mol. The Kier molecular flexibility index (Phi) is 5.64. The van der Waals surface area contributed by atoms with Crippen molar-refractivity contribution in [3.8, 4) is 0 Å². The molecule has 20 heavy (non-hydrogen) atoms. The molecule has 0 saturated carbocycles. The number of sulfonamides is 1. The topological polar surface area (TPSA) is 46.2 Å². The van der Waals surface area contributed by atoms with Gasteiger partial charge in [-0.15, -0.1) is 11.8 Å². The van der Waals surface area contributed by atoms with Crippen LogP contribution in [0.15, 0.2) is 65.6 Å². The van der Waals surface area contributed by atoms with Crippen LogP contribution in [0.4, 0.5) is 0 Å². The number of hydrogen-bond donors (Lipinski definition) is 1. The molecule has 0 unspecified atom stereocenters. The fourth-order valence-corrected chi connectivity index (χ4v) is 3.79. The van der Waals surface area contributed by atoms with Crippen molar-refractivity contribution in [2.75, 3.05) is 12.3 Å². The Bertz CT molecular complexity index is 613. The fourth-order valence-electron chi connectivity index (χ4n) is 1.73. The van der Waals surface area contributed by atoms with Gasteiger partial charge < -0.3 is 0 Å². The van der Waals surface area contributed by atoms with E-state index in [1.807, 2.05) is 60.7 Å². The number of benzene rings is 2. The second-order valence-electron chi connectivity index (χ2n) is 4.30. The van der Waals surface area contributed by atoms with Gasteiger partial charge in [0.2, 0.25) is 10.0 Å². The summed E-state index contributed by atoms with van der Waals surface area (Å²) in [6.45, 7) is 0.439. The number of nitrogens with one attached hydrogen (secondary N) is 1. The van der Waals surface area contributed by atoms with Crippen LogP contribution >= 0.6 is 11.8 Å². The molecule has 0 amide bonds. The first-order chi connectivity index (χ1) is 9.66. The van der Waals surface area contributed by atoms with Crippen LogP contribution < -0.4 is 4.72 Å². The molecule has 5 heteroatoms. The molecular formula is C15H17NO2S2. The van der Waals surface area contributed by atoms with E-state index in [1.165, 1.54) is 0 Å². The third-order valence-corrected chi connectivity index (χ3v) is 5.01. The minimum absolute atomic E-state index is 0.0316. The molecule has 106 valence electrons. The first-order valence-electron chi connectivity index (χ1n) is 6.35. The third kappa shape index (κ3) is 5.36. The van der Waals surface area contributed by atoms with E-state index in [-0.39, 0.29) is 5.75 Å². The molecule has 0 saturated heterocycles. The Balaban J connectivity index is 1.76. The van der Waals surface area contributed by atoms with Crippen LogP contribution in [0.1, 0.15) is 5.56 Å². The van der Waals surface area contributed by atoms with Crippen molar-refractivity contribution in [2.45, 2.75) is 10.6 Å². The lowest BCUT2D eigenvalue weighted by atomic mass is 10.2. The van der Waals surface area contributed by atoms with Gasteiger partial charge in [-0.2, -0.15) is 0 Å². The second-order valence-corrected chi connectivity index (χ2v) is 7.28. The zero-order valence-corrected chi connectivity index (χ0v) is 12.7. The number of rotatable bonds is 7. The van der Waals surface area contributed by atoms with E-state index in [1.54, 1.807) is 11.8 Å². The molecule has 0 heterocycles. The Morgan fingerprint density at radius 1 is 0.900 bits per heavy atom. The van der Waals surface area contributed by atoms with Crippen LogP contribution in [-0.2, 0) is 15.8 Å². The molecule has 0 aromatic heterocycles. The summed E-state index contributed by atoms with van der Waals surface area (Å²) in [5.41, 5.74) is 0.802. The zero-order valence-electron chi connectivity index (χ0n) is 11.0. The first-order valence-corrected chi connectivity index (χ1v) is 8.99. The highest BCUT2D eigenvalue weighted by atomic mass is 32.2. The highest BCUT2D eigenvalue weighted by molar-refractivity contribution is 7.99. The lowest BCUT2D eigenvalue weighted by molar-refractivity contribution is 0.583. The van der Waals surface area contributed by atoms with Crippen molar-refractivity contribution in [3.05, 3.63) is 66.2 Å². The van der Waals surface area contributed by atoms with Gasteiger partial charge in [0.1, 0.15) is 0 Å². The molecule has 2 rings (SSSR count). The van der Waals surface area contributed by atoms with Gasteiger partial charge >= 0.3 is 0 Å². The van der Waals surface area contributed by atoms with E-state index in [2.05, 4.69) is 4.72 Å². The molecule has 0 aliphatic heterocycles. The first kappa shape index (κ1) is 15.1. The summed E-state index contributed by atoms with van der Waals surface area (Å²) in [7, 11) is -3.25. The quantitative estimate of drug-likeness (QED) is 0.632. The van der Waals surface area contributed by atoms with Gasteiger partial charge in [-0.05, 0) is 17.7 Å². The highest BCUT2D eigenvalue weighted by Crippen LogP contribution is 2.16. The van der Waals surface area contributed by atoms with Crippen LogP contribution in [0.25, 0.3) is 0 Å². The van der Waals surface area contributed by atoms with E-state index in [0.29, 0.717) is 6.54 Å². The van der Waals surface area contributed by atoms with Gasteiger partial charge in [0.15, 0.2) is 0 Å². The lowest BCUT2D eigenvalue weighted by Gasteiger charge is -2.06. The van der Waals surface area contributed by atoms with Crippen LogP contribution in [0.5, 0.6) is 0 Å². The van der Waals surface area contributed by atoms with Gasteiger partial charge in [0, 0.05) is 17.2 Å². The van der Waals surface area contributed by atoms with E-state index in [0.717, 1.165) is 16.2 Å². The molecule has 0 aliphatic carbocycles. The van der Waals surface area contributed by atoms with Gasteiger partial charge in [-0.1, -0.05) is 48.5 Å². The largest absolute Gasteiger partial charge is 0.215 e. The minimum Gasteiger partial charge on any atom is -0.214 e. The van der Waals surface area contributed by atoms with Gasteiger partial charge in [0.05, 0.1) is 5.75 Å². The predicted molar refractivity (Wildman–Crippen MR) is 84.2 cm³/mol. The molecule has 0 aliphatic rings. The lowest BCUT2D eigenvalue weighted by Crippen LogP contribution is -2.27. The smallest absolute Gasteiger partial charge is 0.214 e. The third-order valence-electron chi connectivity index (χ3n) is 2.64.